The Morgan fingerprint density at radius 3 is 2.29 bits per heavy atom. The molecular weight excluding hydrogens is 82.1 g/mol. The van der Waals surface area contributed by atoms with Crippen LogP contribution in [-0.4, -0.2) is 40.8 Å². The highest BCUT2D eigenvalue weighted by Gasteiger charge is 1.91. The molecule has 0 amide bonds. The van der Waals surface area contributed by atoms with Gasteiger partial charge in [0.15, 0.2) is 0 Å². The van der Waals surface area contributed by atoms with Gasteiger partial charge >= 0.3 is 0 Å². The number of hydrogen-bond donors (Lipinski definition) is 1. The van der Waals surface area contributed by atoms with Crippen LogP contribution in [0.2, 0.25) is 6.82 Å². The van der Waals surface area contributed by atoms with Crippen molar-refractivity contribution in [3.8, 4) is 0 Å². The third kappa shape index (κ3) is 6.28. The van der Waals surface area contributed by atoms with Crippen molar-refractivity contribution in [3.05, 3.63) is 0 Å². The van der Waals surface area contributed by atoms with Gasteiger partial charge in [0.05, 0.1) is 14.2 Å². The van der Waals surface area contributed by atoms with Gasteiger partial charge in [0.2, 0.25) is 7.37 Å². The van der Waals surface area contributed by atoms with E-state index in [0.717, 1.165) is 7.06 Å². The summed E-state index contributed by atoms with van der Waals surface area (Å²) in [4.78, 5) is 0. The standard InChI is InChI=1S/CH9B5O/c1-2-3-4-5-6-7/h2-7H,1H3. The highest BCUT2D eigenvalue weighted by Crippen LogP contribution is 1.51. The van der Waals surface area contributed by atoms with Gasteiger partial charge in [0.25, 0.3) is 0 Å². The fourth-order valence-electron chi connectivity index (χ4n) is 0.539. The van der Waals surface area contributed by atoms with Crippen LogP contribution >= 0.6 is 0 Å². The van der Waals surface area contributed by atoms with Crippen LogP contribution in [0.4, 0.5) is 0 Å². The Labute approximate surface area is 48.4 Å². The van der Waals surface area contributed by atoms with E-state index in [9.17, 15) is 0 Å². The van der Waals surface area contributed by atoms with E-state index < -0.39 is 0 Å². The predicted octanol–water partition coefficient (Wildman–Crippen LogP) is -3.22. The largest absolute Gasteiger partial charge is 0.464 e. The van der Waals surface area contributed by atoms with Crippen molar-refractivity contribution in [3.63, 3.8) is 0 Å². The summed E-state index contributed by atoms with van der Waals surface area (Å²) >= 11 is 0. The van der Waals surface area contributed by atoms with E-state index in [1.807, 2.05) is 0 Å². The molecule has 0 bridgehead atoms. The summed E-state index contributed by atoms with van der Waals surface area (Å²) in [7, 11) is 5.04. The molecule has 0 aromatic heterocycles. The molecule has 0 aromatic rings. The smallest absolute Gasteiger partial charge is 0.220 e. The summed E-state index contributed by atoms with van der Waals surface area (Å²) in [6.07, 6.45) is 0. The third-order valence-corrected chi connectivity index (χ3v) is 1.01. The Kier molecular flexibility index (Phi) is 6.54. The quantitative estimate of drug-likeness (QED) is 0.285. The minimum absolute atomic E-state index is 0.361. The fraction of sp³-hybridized carbons (Fsp3) is 1.00. The van der Waals surface area contributed by atoms with Gasteiger partial charge in [-0.1, -0.05) is 6.82 Å². The first-order valence-corrected chi connectivity index (χ1v) is 3.02. The lowest BCUT2D eigenvalue weighted by Crippen LogP contribution is -2.21. The van der Waals surface area contributed by atoms with Crippen LogP contribution in [0.5, 0.6) is 0 Å². The van der Waals surface area contributed by atoms with E-state index >= 15 is 0 Å². The first-order valence-electron chi connectivity index (χ1n) is 3.02. The normalized spacial score (nSPS) is 6.57. The summed E-state index contributed by atoms with van der Waals surface area (Å²) < 4.78 is 0. The molecule has 0 unspecified atom stereocenters. The minimum atomic E-state index is 0.361. The molecule has 0 spiro atoms. The van der Waals surface area contributed by atoms with Crippen LogP contribution in [-0.2, 0) is 0 Å². The van der Waals surface area contributed by atoms with Gasteiger partial charge < -0.3 is 5.02 Å². The van der Waals surface area contributed by atoms with Gasteiger partial charge in [0.1, 0.15) is 0 Å². The van der Waals surface area contributed by atoms with Crippen LogP contribution in [0, 0.1) is 0 Å². The van der Waals surface area contributed by atoms with E-state index in [1.54, 1.807) is 0 Å². The molecule has 0 radical (unpaired) electrons. The second kappa shape index (κ2) is 6.28. The van der Waals surface area contributed by atoms with Crippen LogP contribution in [0.15, 0.2) is 0 Å². The molecule has 1 nitrogen and oxygen atoms in total. The predicted molar refractivity (Wildman–Crippen MR) is 43.8 cm³/mol. The number of hydrogen-bond acceptors (Lipinski definition) is 1. The van der Waals surface area contributed by atoms with Crippen LogP contribution in [0.25, 0.3) is 0 Å². The van der Waals surface area contributed by atoms with E-state index in [2.05, 4.69) is 6.82 Å². The van der Waals surface area contributed by atoms with Gasteiger partial charge in [-0.3, -0.25) is 0 Å². The van der Waals surface area contributed by atoms with Crippen molar-refractivity contribution >= 4 is 35.7 Å². The SMILES string of the molecule is CBBBBBO. The molecule has 0 aliphatic rings. The Morgan fingerprint density at radius 1 is 1.14 bits per heavy atom. The molecule has 0 heterocycles. The summed E-state index contributed by atoms with van der Waals surface area (Å²) in [5.74, 6) is 0. The average molecular weight is 91.1 g/mol. The lowest BCUT2D eigenvalue weighted by molar-refractivity contribution is 0.621. The average Bonchev–Trinajstić information content (AvgIpc) is 1.69. The fourth-order valence-corrected chi connectivity index (χ4v) is 0.539. The lowest BCUT2D eigenvalue weighted by atomic mass is 9.03. The lowest BCUT2D eigenvalue weighted by Gasteiger charge is -1.80. The second-order valence-corrected chi connectivity index (χ2v) is 1.78. The third-order valence-electron chi connectivity index (χ3n) is 1.01. The molecule has 7 heavy (non-hydrogen) atoms. The van der Waals surface area contributed by atoms with Gasteiger partial charge in [0, 0.05) is 14.1 Å². The molecule has 0 rings (SSSR count). The van der Waals surface area contributed by atoms with E-state index in [4.69, 9.17) is 5.02 Å². The maximum Gasteiger partial charge on any atom is 0.220 e. The first kappa shape index (κ1) is 7.28. The van der Waals surface area contributed by atoms with Crippen molar-refractivity contribution in [1.29, 1.82) is 0 Å². The molecule has 0 fully saturated rings. The Morgan fingerprint density at radius 2 is 1.86 bits per heavy atom. The zero-order valence-electron chi connectivity index (χ0n) is 4.98. The maximum atomic E-state index is 8.29. The summed E-state index contributed by atoms with van der Waals surface area (Å²) in [6, 6.07) is 0. The molecule has 0 saturated heterocycles. The first-order chi connectivity index (χ1) is 3.41. The summed E-state index contributed by atoms with van der Waals surface area (Å²) in [5.41, 5.74) is 0. The monoisotopic (exact) mass is 92.1 g/mol. The van der Waals surface area contributed by atoms with E-state index in [0.29, 0.717) is 7.37 Å². The molecule has 0 atom stereocenters. The van der Waals surface area contributed by atoms with Gasteiger partial charge in [-0.2, -0.15) is 0 Å². The molecule has 0 saturated carbocycles. The zero-order chi connectivity index (χ0) is 5.54. The Hall–Kier alpha value is 0.285. The van der Waals surface area contributed by atoms with Crippen molar-refractivity contribution in [1.82, 2.24) is 0 Å². The van der Waals surface area contributed by atoms with Crippen LogP contribution in [0.3, 0.4) is 0 Å². The molecule has 6 heteroatoms. The maximum absolute atomic E-state index is 8.29. The van der Waals surface area contributed by atoms with Crippen molar-refractivity contribution in [2.24, 2.45) is 0 Å². The van der Waals surface area contributed by atoms with Crippen molar-refractivity contribution < 1.29 is 5.02 Å². The number of rotatable bonds is 4. The molecule has 34 valence electrons. The van der Waals surface area contributed by atoms with Gasteiger partial charge in [-0.25, -0.2) is 0 Å². The van der Waals surface area contributed by atoms with Gasteiger partial charge in [-0.15, -0.1) is 0 Å². The molecule has 0 aliphatic heterocycles. The van der Waals surface area contributed by atoms with Crippen molar-refractivity contribution in [2.75, 3.05) is 0 Å². The minimum Gasteiger partial charge on any atom is -0.464 e. The topological polar surface area (TPSA) is 20.2 Å². The Balaban J connectivity index is 2.45. The highest BCUT2D eigenvalue weighted by atomic mass is 16.2. The van der Waals surface area contributed by atoms with Crippen molar-refractivity contribution in [2.45, 2.75) is 6.82 Å². The van der Waals surface area contributed by atoms with Crippen LogP contribution in [0.1, 0.15) is 0 Å². The molecule has 1 N–H and O–H groups in total. The molecular formula is CH9B5O. The summed E-state index contributed by atoms with van der Waals surface area (Å²) in [5, 5.41) is 8.29. The highest BCUT2D eigenvalue weighted by molar-refractivity contribution is 7.52. The summed E-state index contributed by atoms with van der Waals surface area (Å²) in [6.45, 7) is 2.16. The second-order valence-electron chi connectivity index (χ2n) is 1.78. The zero-order valence-corrected chi connectivity index (χ0v) is 4.98. The molecule has 0 aliphatic carbocycles. The van der Waals surface area contributed by atoms with Crippen LogP contribution < -0.4 is 0 Å². The molecule has 0 aromatic carbocycles. The van der Waals surface area contributed by atoms with E-state index in [-0.39, 0.29) is 0 Å². The Bertz CT molecular complexity index is 27.3. The van der Waals surface area contributed by atoms with Gasteiger partial charge in [-0.05, 0) is 0 Å². The van der Waals surface area contributed by atoms with E-state index in [1.165, 1.54) is 21.3 Å².